The zero-order chi connectivity index (χ0) is 24.5. The first kappa shape index (κ1) is 23.1. The lowest BCUT2D eigenvalue weighted by atomic mass is 9.98. The van der Waals surface area contributed by atoms with Crippen molar-refractivity contribution in [2.24, 2.45) is 11.8 Å². The summed E-state index contributed by atoms with van der Waals surface area (Å²) < 4.78 is 10.9. The third kappa shape index (κ3) is 4.41. The summed E-state index contributed by atoms with van der Waals surface area (Å²) in [6.07, 6.45) is 2.93. The van der Waals surface area contributed by atoms with E-state index >= 15 is 0 Å². The number of likely N-dealkylation sites (tertiary alicyclic amines) is 1. The fourth-order valence-corrected chi connectivity index (χ4v) is 5.44. The number of carboxylic acid groups (broad SMARTS) is 1. The second-order valence-corrected chi connectivity index (χ2v) is 9.27. The van der Waals surface area contributed by atoms with E-state index in [1.807, 2.05) is 24.3 Å². The topological polar surface area (TPSA) is 105 Å². The Balaban J connectivity index is 1.15. The number of aliphatic carboxylic acids is 1. The summed E-state index contributed by atoms with van der Waals surface area (Å²) in [6.45, 7) is 0.601. The van der Waals surface area contributed by atoms with Crippen LogP contribution in [0.4, 0.5) is 4.79 Å². The number of carbonyl (C=O) groups is 3. The highest BCUT2D eigenvalue weighted by molar-refractivity contribution is 5.83. The molecule has 1 saturated heterocycles. The number of hydrogen-bond acceptors (Lipinski definition) is 5. The van der Waals surface area contributed by atoms with Crippen LogP contribution in [0.5, 0.6) is 0 Å². The maximum Gasteiger partial charge on any atom is 0.407 e. The largest absolute Gasteiger partial charge is 0.481 e. The average molecular weight is 477 g/mol. The Morgan fingerprint density at radius 2 is 1.66 bits per heavy atom. The number of methoxy groups -OCH3 is 1. The SMILES string of the molecule is COC1CN(C(=O)C2C=CC(NC(=O)OCC3c4ccccc4-c4ccccc43)C2)CC1C(=O)O. The van der Waals surface area contributed by atoms with Crippen LogP contribution in [-0.4, -0.2) is 66.9 Å². The van der Waals surface area contributed by atoms with Crippen molar-refractivity contribution in [1.82, 2.24) is 10.2 Å². The molecule has 5 rings (SSSR count). The number of hydrogen-bond donors (Lipinski definition) is 2. The van der Waals surface area contributed by atoms with Crippen LogP contribution in [0.3, 0.4) is 0 Å². The molecule has 4 atom stereocenters. The van der Waals surface area contributed by atoms with Gasteiger partial charge in [0.05, 0.1) is 18.1 Å². The van der Waals surface area contributed by atoms with Gasteiger partial charge >= 0.3 is 12.1 Å². The summed E-state index contributed by atoms with van der Waals surface area (Å²) >= 11 is 0. The van der Waals surface area contributed by atoms with Crippen molar-refractivity contribution < 1.29 is 29.0 Å². The van der Waals surface area contributed by atoms with Crippen LogP contribution in [-0.2, 0) is 19.1 Å². The highest BCUT2D eigenvalue weighted by atomic mass is 16.5. The van der Waals surface area contributed by atoms with Gasteiger partial charge in [-0.05, 0) is 28.7 Å². The van der Waals surface area contributed by atoms with E-state index in [1.54, 1.807) is 12.2 Å². The molecule has 182 valence electrons. The van der Waals surface area contributed by atoms with Crippen LogP contribution in [0.15, 0.2) is 60.7 Å². The Morgan fingerprint density at radius 1 is 1.00 bits per heavy atom. The standard InChI is InChI=1S/C27H28N2O6/c1-34-24-14-29(13-22(24)26(31)32)25(30)16-10-11-17(12-16)28-27(33)35-15-23-20-8-4-2-6-18(20)19-7-3-5-9-21(19)23/h2-11,16-17,22-24H,12-15H2,1H3,(H,28,33)(H,31,32). The second-order valence-electron chi connectivity index (χ2n) is 9.27. The fraction of sp³-hybridized carbons (Fsp3) is 0.370. The lowest BCUT2D eigenvalue weighted by molar-refractivity contribution is -0.144. The van der Waals surface area contributed by atoms with Crippen LogP contribution in [0.1, 0.15) is 23.5 Å². The van der Waals surface area contributed by atoms with Crippen molar-refractivity contribution in [3.8, 4) is 11.1 Å². The number of benzene rings is 2. The summed E-state index contributed by atoms with van der Waals surface area (Å²) in [5, 5.41) is 12.2. The van der Waals surface area contributed by atoms with Crippen LogP contribution in [0, 0.1) is 11.8 Å². The molecule has 8 heteroatoms. The normalized spacial score (nSPS) is 24.8. The van der Waals surface area contributed by atoms with Crippen LogP contribution >= 0.6 is 0 Å². The molecule has 0 bridgehead atoms. The van der Waals surface area contributed by atoms with Crippen molar-refractivity contribution >= 4 is 18.0 Å². The van der Waals surface area contributed by atoms with Gasteiger partial charge in [0.1, 0.15) is 12.5 Å². The monoisotopic (exact) mass is 476 g/mol. The van der Waals surface area contributed by atoms with Gasteiger partial charge in [-0.1, -0.05) is 60.7 Å². The molecule has 2 amide bonds. The molecule has 2 aliphatic carbocycles. The number of amides is 2. The molecule has 0 aromatic heterocycles. The molecular formula is C27H28N2O6. The van der Waals surface area contributed by atoms with Gasteiger partial charge in [0.2, 0.25) is 5.91 Å². The number of ether oxygens (including phenoxy) is 2. The minimum Gasteiger partial charge on any atom is -0.481 e. The van der Waals surface area contributed by atoms with Gasteiger partial charge in [-0.15, -0.1) is 0 Å². The van der Waals surface area contributed by atoms with Gasteiger partial charge in [0.25, 0.3) is 0 Å². The molecule has 4 unspecified atom stereocenters. The van der Waals surface area contributed by atoms with Gasteiger partial charge < -0.3 is 24.8 Å². The maximum atomic E-state index is 12.9. The molecule has 2 aromatic rings. The Morgan fingerprint density at radius 3 is 2.26 bits per heavy atom. The van der Waals surface area contributed by atoms with E-state index in [4.69, 9.17) is 9.47 Å². The molecule has 2 aromatic carbocycles. The minimum absolute atomic E-state index is 0.0207. The van der Waals surface area contributed by atoms with E-state index in [0.717, 1.165) is 11.1 Å². The van der Waals surface area contributed by atoms with Crippen molar-refractivity contribution in [3.63, 3.8) is 0 Å². The summed E-state index contributed by atoms with van der Waals surface area (Å²) in [7, 11) is 1.46. The average Bonchev–Trinajstić information content (AvgIpc) is 3.58. The summed E-state index contributed by atoms with van der Waals surface area (Å²) in [5.41, 5.74) is 4.63. The van der Waals surface area contributed by atoms with Gasteiger partial charge in [0.15, 0.2) is 0 Å². The highest BCUT2D eigenvalue weighted by Crippen LogP contribution is 2.44. The quantitative estimate of drug-likeness (QED) is 0.621. The van der Waals surface area contributed by atoms with Crippen LogP contribution < -0.4 is 5.32 Å². The van der Waals surface area contributed by atoms with E-state index in [0.29, 0.717) is 6.42 Å². The molecule has 1 fully saturated rings. The Labute approximate surface area is 203 Å². The summed E-state index contributed by atoms with van der Waals surface area (Å²) in [5.74, 6) is -2.29. The predicted octanol–water partition coefficient (Wildman–Crippen LogP) is 3.03. The molecule has 0 radical (unpaired) electrons. The van der Waals surface area contributed by atoms with Gasteiger partial charge in [-0.2, -0.15) is 0 Å². The van der Waals surface area contributed by atoms with E-state index < -0.39 is 30.0 Å². The lowest BCUT2D eigenvalue weighted by Crippen LogP contribution is -2.37. The van der Waals surface area contributed by atoms with Crippen LogP contribution in [0.2, 0.25) is 0 Å². The minimum atomic E-state index is -0.969. The summed E-state index contributed by atoms with van der Waals surface area (Å²) in [6, 6.07) is 16.0. The van der Waals surface area contributed by atoms with E-state index in [2.05, 4.69) is 29.6 Å². The third-order valence-electron chi connectivity index (χ3n) is 7.25. The number of nitrogens with zero attached hydrogens (tertiary/aromatic N) is 1. The number of nitrogens with one attached hydrogen (secondary N) is 1. The smallest absolute Gasteiger partial charge is 0.407 e. The third-order valence-corrected chi connectivity index (χ3v) is 7.25. The Hall–Kier alpha value is -3.65. The van der Waals surface area contributed by atoms with Crippen LogP contribution in [0.25, 0.3) is 11.1 Å². The molecule has 0 saturated carbocycles. The number of carbonyl (C=O) groups excluding carboxylic acids is 2. The zero-order valence-electron chi connectivity index (χ0n) is 19.4. The van der Waals surface area contributed by atoms with Crippen molar-refractivity contribution in [3.05, 3.63) is 71.8 Å². The maximum absolute atomic E-state index is 12.9. The Bertz CT molecular complexity index is 1130. The van der Waals surface area contributed by atoms with Crippen molar-refractivity contribution in [2.45, 2.75) is 24.5 Å². The molecule has 3 aliphatic rings. The number of alkyl carbamates (subject to hydrolysis) is 1. The van der Waals surface area contributed by atoms with Gasteiger partial charge in [-0.25, -0.2) is 4.79 Å². The first-order chi connectivity index (χ1) is 17.0. The zero-order valence-corrected chi connectivity index (χ0v) is 19.4. The van der Waals surface area contributed by atoms with Crippen molar-refractivity contribution in [2.75, 3.05) is 26.8 Å². The molecule has 0 spiro atoms. The van der Waals surface area contributed by atoms with Gasteiger partial charge in [0, 0.05) is 26.1 Å². The predicted molar refractivity (Wildman–Crippen MR) is 128 cm³/mol. The number of rotatable bonds is 6. The molecule has 8 nitrogen and oxygen atoms in total. The van der Waals surface area contributed by atoms with E-state index in [-0.39, 0.29) is 37.6 Å². The molecule has 1 aliphatic heterocycles. The molecular weight excluding hydrogens is 448 g/mol. The lowest BCUT2D eigenvalue weighted by Gasteiger charge is -2.21. The molecule has 2 N–H and O–H groups in total. The summed E-state index contributed by atoms with van der Waals surface area (Å²) in [4.78, 5) is 38.5. The Kier molecular flexibility index (Phi) is 6.30. The second kappa shape index (κ2) is 9.54. The molecule has 35 heavy (non-hydrogen) atoms. The molecule has 1 heterocycles. The van der Waals surface area contributed by atoms with Gasteiger partial charge in [-0.3, -0.25) is 9.59 Å². The van der Waals surface area contributed by atoms with E-state index in [1.165, 1.54) is 23.1 Å². The van der Waals surface area contributed by atoms with Crippen molar-refractivity contribution in [1.29, 1.82) is 0 Å². The first-order valence-corrected chi connectivity index (χ1v) is 11.8. The fourth-order valence-electron chi connectivity index (χ4n) is 5.44. The number of fused-ring (bicyclic) bond motifs is 3. The number of carboxylic acids is 1. The first-order valence-electron chi connectivity index (χ1n) is 11.8. The van der Waals surface area contributed by atoms with E-state index in [9.17, 15) is 19.5 Å². The highest BCUT2D eigenvalue weighted by Gasteiger charge is 2.42.